The molecule has 5 nitrogen and oxygen atoms in total. The Morgan fingerprint density at radius 2 is 1.75 bits per heavy atom. The molecule has 0 saturated heterocycles. The van der Waals surface area contributed by atoms with Crippen LogP contribution in [0.1, 0.15) is 23.6 Å². The molecule has 0 saturated carbocycles. The van der Waals surface area contributed by atoms with E-state index >= 15 is 0 Å². The van der Waals surface area contributed by atoms with Crippen molar-refractivity contribution in [3.05, 3.63) is 81.8 Å². The molecule has 0 N–H and O–H groups in total. The summed E-state index contributed by atoms with van der Waals surface area (Å²) >= 11 is 3.43. The summed E-state index contributed by atoms with van der Waals surface area (Å²) in [7, 11) is -2.06. The molecule has 1 aliphatic rings. The van der Waals surface area contributed by atoms with Crippen molar-refractivity contribution in [3.8, 4) is 5.75 Å². The summed E-state index contributed by atoms with van der Waals surface area (Å²) in [5, 5.41) is 0. The number of halogens is 1. The standard InChI is InChI=1S/C25H27BrN2O3S/c1-17-6-5-7-23-25(17)28(32(29,30)24-13-10-21(26)14-18(24)2)15-19(3)27(23)16-20-8-11-22(31-4)12-9-20/h5-14,19H,15-16H2,1-4H3. The average Bonchev–Trinajstić information content (AvgIpc) is 2.75. The Morgan fingerprint density at radius 3 is 2.41 bits per heavy atom. The third-order valence-electron chi connectivity index (χ3n) is 5.95. The Morgan fingerprint density at radius 1 is 1.03 bits per heavy atom. The molecular formula is C25H27BrN2O3S. The zero-order valence-electron chi connectivity index (χ0n) is 18.7. The lowest BCUT2D eigenvalue weighted by atomic mass is 10.0. The predicted molar refractivity (Wildman–Crippen MR) is 133 cm³/mol. The van der Waals surface area contributed by atoms with Crippen molar-refractivity contribution in [1.29, 1.82) is 0 Å². The van der Waals surface area contributed by atoms with Gasteiger partial charge in [-0.05, 0) is 73.9 Å². The quantitative estimate of drug-likeness (QED) is 0.439. The fraction of sp³-hybridized carbons (Fsp3) is 0.280. The van der Waals surface area contributed by atoms with E-state index < -0.39 is 10.0 Å². The summed E-state index contributed by atoms with van der Waals surface area (Å²) in [6.45, 7) is 6.95. The maximum atomic E-state index is 13.8. The van der Waals surface area contributed by atoms with E-state index in [0.717, 1.165) is 38.3 Å². The SMILES string of the molecule is COc1ccc(CN2c3cccc(C)c3N(S(=O)(=O)c3ccc(Br)cc3C)CC2C)cc1. The second-order valence-corrected chi connectivity index (χ2v) is 11.0. The Balaban J connectivity index is 1.77. The van der Waals surface area contributed by atoms with Crippen molar-refractivity contribution in [2.45, 2.75) is 38.3 Å². The van der Waals surface area contributed by atoms with E-state index in [1.165, 1.54) is 0 Å². The number of para-hydroxylation sites is 1. The first-order chi connectivity index (χ1) is 15.2. The van der Waals surface area contributed by atoms with Gasteiger partial charge in [-0.25, -0.2) is 8.42 Å². The number of hydrogen-bond donors (Lipinski definition) is 0. The number of nitrogens with zero attached hydrogens (tertiary/aromatic N) is 2. The molecule has 3 aromatic rings. The molecule has 0 radical (unpaired) electrons. The van der Waals surface area contributed by atoms with Gasteiger partial charge in [-0.1, -0.05) is 40.2 Å². The molecule has 0 fully saturated rings. The second kappa shape index (κ2) is 8.79. The lowest BCUT2D eigenvalue weighted by Gasteiger charge is -2.43. The first kappa shape index (κ1) is 22.7. The smallest absolute Gasteiger partial charge is 0.264 e. The molecule has 4 rings (SSSR count). The van der Waals surface area contributed by atoms with Crippen molar-refractivity contribution >= 4 is 37.3 Å². The topological polar surface area (TPSA) is 49.9 Å². The fourth-order valence-corrected chi connectivity index (χ4v) is 6.58. The highest BCUT2D eigenvalue weighted by Crippen LogP contribution is 2.42. The van der Waals surface area contributed by atoms with E-state index in [0.29, 0.717) is 18.0 Å². The molecule has 0 amide bonds. The van der Waals surface area contributed by atoms with Gasteiger partial charge in [0.2, 0.25) is 0 Å². The van der Waals surface area contributed by atoms with Crippen molar-refractivity contribution < 1.29 is 13.2 Å². The van der Waals surface area contributed by atoms with Crippen LogP contribution in [0, 0.1) is 13.8 Å². The predicted octanol–water partition coefficient (Wildman–Crippen LogP) is 5.68. The van der Waals surface area contributed by atoms with Crippen LogP contribution < -0.4 is 13.9 Å². The number of anilines is 2. The van der Waals surface area contributed by atoms with Crippen LogP contribution in [-0.2, 0) is 16.6 Å². The summed E-state index contributed by atoms with van der Waals surface area (Å²) in [5.74, 6) is 0.818. The monoisotopic (exact) mass is 514 g/mol. The first-order valence-corrected chi connectivity index (χ1v) is 12.7. The van der Waals surface area contributed by atoms with Gasteiger partial charge in [0.25, 0.3) is 10.0 Å². The minimum Gasteiger partial charge on any atom is -0.497 e. The molecule has 1 aliphatic heterocycles. The van der Waals surface area contributed by atoms with Crippen molar-refractivity contribution in [3.63, 3.8) is 0 Å². The minimum atomic E-state index is -3.71. The highest BCUT2D eigenvalue weighted by atomic mass is 79.9. The van der Waals surface area contributed by atoms with E-state index in [2.05, 4.69) is 39.9 Å². The number of fused-ring (bicyclic) bond motifs is 1. The highest BCUT2D eigenvalue weighted by molar-refractivity contribution is 9.10. The van der Waals surface area contributed by atoms with Crippen LogP contribution >= 0.6 is 15.9 Å². The Kier molecular flexibility index (Phi) is 6.23. The van der Waals surface area contributed by atoms with E-state index in [9.17, 15) is 8.42 Å². The van der Waals surface area contributed by atoms with E-state index in [4.69, 9.17) is 4.74 Å². The van der Waals surface area contributed by atoms with Crippen LogP contribution in [0.3, 0.4) is 0 Å². The molecule has 1 unspecified atom stereocenters. The number of methoxy groups -OCH3 is 1. The van der Waals surface area contributed by atoms with Gasteiger partial charge < -0.3 is 9.64 Å². The summed E-state index contributed by atoms with van der Waals surface area (Å²) < 4.78 is 35.3. The molecule has 32 heavy (non-hydrogen) atoms. The normalized spacial score (nSPS) is 16.1. The number of aryl methyl sites for hydroxylation is 2. The van der Waals surface area contributed by atoms with Gasteiger partial charge >= 0.3 is 0 Å². The van der Waals surface area contributed by atoms with Crippen LogP contribution in [0.15, 0.2) is 70.0 Å². The van der Waals surface area contributed by atoms with E-state index in [1.807, 2.05) is 50.2 Å². The summed E-state index contributed by atoms with van der Waals surface area (Å²) in [5.41, 5.74) is 4.49. The number of sulfonamides is 1. The van der Waals surface area contributed by atoms with E-state index in [1.54, 1.807) is 23.5 Å². The highest BCUT2D eigenvalue weighted by Gasteiger charge is 2.37. The molecule has 3 aromatic carbocycles. The third kappa shape index (κ3) is 4.11. The molecule has 0 aromatic heterocycles. The number of rotatable bonds is 5. The van der Waals surface area contributed by atoms with E-state index in [-0.39, 0.29) is 6.04 Å². The van der Waals surface area contributed by atoms with Gasteiger partial charge in [0.05, 0.1) is 29.9 Å². The Bertz CT molecular complexity index is 1240. The van der Waals surface area contributed by atoms with Crippen LogP contribution in [0.4, 0.5) is 11.4 Å². The summed E-state index contributed by atoms with van der Waals surface area (Å²) in [4.78, 5) is 2.62. The van der Waals surface area contributed by atoms with Gasteiger partial charge in [-0.2, -0.15) is 0 Å². The molecule has 0 spiro atoms. The van der Waals surface area contributed by atoms with Crippen molar-refractivity contribution in [2.75, 3.05) is 22.9 Å². The second-order valence-electron chi connectivity index (χ2n) is 8.21. The Labute approximate surface area is 198 Å². The molecule has 1 atom stereocenters. The van der Waals surface area contributed by atoms with Gasteiger partial charge in [0, 0.05) is 17.1 Å². The average molecular weight is 515 g/mol. The molecule has 1 heterocycles. The van der Waals surface area contributed by atoms with Crippen molar-refractivity contribution in [1.82, 2.24) is 0 Å². The maximum absolute atomic E-state index is 13.8. The lowest BCUT2D eigenvalue weighted by Crippen LogP contribution is -2.49. The van der Waals surface area contributed by atoms with Gasteiger partial charge in [0.15, 0.2) is 0 Å². The molecular weight excluding hydrogens is 488 g/mol. The molecule has 7 heteroatoms. The molecule has 0 aliphatic carbocycles. The van der Waals surface area contributed by atoms with Gasteiger partial charge in [0.1, 0.15) is 5.75 Å². The summed E-state index contributed by atoms with van der Waals surface area (Å²) in [6, 6.07) is 19.3. The third-order valence-corrected chi connectivity index (χ3v) is 8.37. The fourth-order valence-electron chi connectivity index (χ4n) is 4.27. The van der Waals surface area contributed by atoms with Gasteiger partial charge in [-0.3, -0.25) is 4.31 Å². The minimum absolute atomic E-state index is 0.00284. The van der Waals surface area contributed by atoms with Gasteiger partial charge in [-0.15, -0.1) is 0 Å². The van der Waals surface area contributed by atoms with Crippen molar-refractivity contribution in [2.24, 2.45) is 0 Å². The zero-order valence-corrected chi connectivity index (χ0v) is 21.1. The first-order valence-electron chi connectivity index (χ1n) is 10.5. The number of ether oxygens (including phenoxy) is 1. The largest absolute Gasteiger partial charge is 0.497 e. The Hall–Kier alpha value is -2.51. The zero-order chi connectivity index (χ0) is 23.0. The molecule has 0 bridgehead atoms. The van der Waals surface area contributed by atoms with Crippen LogP contribution in [0.25, 0.3) is 0 Å². The maximum Gasteiger partial charge on any atom is 0.264 e. The van der Waals surface area contributed by atoms with Crippen LogP contribution in [0.5, 0.6) is 5.75 Å². The lowest BCUT2D eigenvalue weighted by molar-refractivity contribution is 0.414. The number of benzene rings is 3. The molecule has 168 valence electrons. The number of hydrogen-bond acceptors (Lipinski definition) is 4. The van der Waals surface area contributed by atoms with Crippen LogP contribution in [0.2, 0.25) is 0 Å². The van der Waals surface area contributed by atoms with Crippen LogP contribution in [-0.4, -0.2) is 28.1 Å². The summed E-state index contributed by atoms with van der Waals surface area (Å²) in [6.07, 6.45) is 0.